The molecule has 1 aromatic rings. The zero-order chi connectivity index (χ0) is 16.2. The average Bonchev–Trinajstić information content (AvgIpc) is 2.55. The van der Waals surface area contributed by atoms with Crippen molar-refractivity contribution in [1.82, 2.24) is 4.90 Å². The first-order valence-corrected chi connectivity index (χ1v) is 8.43. The number of nitrogens with two attached hydrogens (primary N) is 1. The van der Waals surface area contributed by atoms with Crippen LogP contribution in [0.3, 0.4) is 0 Å². The molecule has 0 radical (unpaired) electrons. The average molecular weight is 339 g/mol. The number of benzene rings is 1. The van der Waals surface area contributed by atoms with Crippen molar-refractivity contribution in [2.75, 3.05) is 20.1 Å². The predicted molar refractivity (Wildman–Crippen MR) is 98.9 cm³/mol. The van der Waals surface area contributed by atoms with Gasteiger partial charge in [0, 0.05) is 19.5 Å². The summed E-state index contributed by atoms with van der Waals surface area (Å²) in [6.45, 7) is 5.57. The van der Waals surface area contributed by atoms with Gasteiger partial charge >= 0.3 is 0 Å². The van der Waals surface area contributed by atoms with Crippen LogP contribution in [0, 0.1) is 11.3 Å². The summed E-state index contributed by atoms with van der Waals surface area (Å²) < 4.78 is 0. The summed E-state index contributed by atoms with van der Waals surface area (Å²) in [5.41, 5.74) is 7.19. The topological polar surface area (TPSA) is 46.3 Å². The molecule has 1 fully saturated rings. The zero-order valence-electron chi connectivity index (χ0n) is 14.6. The largest absolute Gasteiger partial charge is 0.345 e. The molecular weight excluding hydrogens is 308 g/mol. The SMILES string of the molecule is CN(CC(C)(C)CN)C(=O)C1CCC(c2ccccc2)CC1.Cl. The Kier molecular flexibility index (Phi) is 7.56. The van der Waals surface area contributed by atoms with Crippen molar-refractivity contribution < 1.29 is 4.79 Å². The lowest BCUT2D eigenvalue weighted by Gasteiger charge is -2.34. The first-order valence-electron chi connectivity index (χ1n) is 8.43. The Balaban J connectivity index is 0.00000264. The lowest BCUT2D eigenvalue weighted by molar-refractivity contribution is -0.136. The molecule has 4 heteroatoms. The molecule has 0 aliphatic heterocycles. The molecule has 3 nitrogen and oxygen atoms in total. The summed E-state index contributed by atoms with van der Waals surface area (Å²) in [6.07, 6.45) is 4.25. The van der Waals surface area contributed by atoms with E-state index in [2.05, 4.69) is 44.2 Å². The summed E-state index contributed by atoms with van der Waals surface area (Å²) in [7, 11) is 1.92. The molecule has 1 amide bonds. The second kappa shape index (κ2) is 8.70. The van der Waals surface area contributed by atoms with Gasteiger partial charge in [-0.3, -0.25) is 4.79 Å². The van der Waals surface area contributed by atoms with Gasteiger partial charge in [0.1, 0.15) is 0 Å². The van der Waals surface area contributed by atoms with Crippen LogP contribution in [0.25, 0.3) is 0 Å². The van der Waals surface area contributed by atoms with Gasteiger partial charge in [0.15, 0.2) is 0 Å². The molecule has 1 aliphatic carbocycles. The van der Waals surface area contributed by atoms with Crippen molar-refractivity contribution in [3.63, 3.8) is 0 Å². The third kappa shape index (κ3) is 5.50. The van der Waals surface area contributed by atoms with E-state index in [1.807, 2.05) is 11.9 Å². The summed E-state index contributed by atoms with van der Waals surface area (Å²) in [4.78, 5) is 14.5. The summed E-state index contributed by atoms with van der Waals surface area (Å²) in [5, 5.41) is 0. The first-order chi connectivity index (χ1) is 10.4. The number of halogens is 1. The summed E-state index contributed by atoms with van der Waals surface area (Å²) >= 11 is 0. The van der Waals surface area contributed by atoms with E-state index < -0.39 is 0 Å². The van der Waals surface area contributed by atoms with E-state index in [4.69, 9.17) is 5.73 Å². The maximum absolute atomic E-state index is 12.6. The van der Waals surface area contributed by atoms with Gasteiger partial charge in [0.05, 0.1) is 0 Å². The molecule has 0 bridgehead atoms. The first kappa shape index (κ1) is 20.0. The van der Waals surface area contributed by atoms with E-state index in [1.165, 1.54) is 5.56 Å². The minimum Gasteiger partial charge on any atom is -0.345 e. The van der Waals surface area contributed by atoms with Gasteiger partial charge in [0.2, 0.25) is 5.91 Å². The molecule has 2 N–H and O–H groups in total. The highest BCUT2D eigenvalue weighted by atomic mass is 35.5. The van der Waals surface area contributed by atoms with Crippen molar-refractivity contribution in [2.45, 2.75) is 45.4 Å². The molecule has 0 atom stereocenters. The van der Waals surface area contributed by atoms with E-state index in [9.17, 15) is 4.79 Å². The third-order valence-electron chi connectivity index (χ3n) is 4.94. The number of carbonyl (C=O) groups is 1. The van der Waals surface area contributed by atoms with E-state index in [-0.39, 0.29) is 23.7 Å². The van der Waals surface area contributed by atoms with Crippen LogP contribution in [0.4, 0.5) is 0 Å². The van der Waals surface area contributed by atoms with Crippen molar-refractivity contribution in [3.8, 4) is 0 Å². The molecule has 1 aliphatic rings. The molecule has 130 valence electrons. The second-order valence-corrected chi connectivity index (χ2v) is 7.52. The highest BCUT2D eigenvalue weighted by Gasteiger charge is 2.30. The fraction of sp³-hybridized carbons (Fsp3) is 0.632. The number of nitrogens with zero attached hydrogens (tertiary/aromatic N) is 1. The van der Waals surface area contributed by atoms with Gasteiger partial charge in [-0.1, -0.05) is 44.2 Å². The third-order valence-corrected chi connectivity index (χ3v) is 4.94. The Morgan fingerprint density at radius 3 is 2.26 bits per heavy atom. The van der Waals surface area contributed by atoms with Crippen molar-refractivity contribution in [2.24, 2.45) is 17.1 Å². The minimum absolute atomic E-state index is 0. The molecule has 23 heavy (non-hydrogen) atoms. The number of rotatable bonds is 5. The predicted octanol–water partition coefficient (Wildman–Crippen LogP) is 3.83. The van der Waals surface area contributed by atoms with Gasteiger partial charge in [0.25, 0.3) is 0 Å². The van der Waals surface area contributed by atoms with Crippen molar-refractivity contribution >= 4 is 18.3 Å². The zero-order valence-corrected chi connectivity index (χ0v) is 15.4. The molecule has 0 unspecified atom stereocenters. The summed E-state index contributed by atoms with van der Waals surface area (Å²) in [5.74, 6) is 1.11. The standard InChI is InChI=1S/C19H30N2O.ClH/c1-19(2,13-20)14-21(3)18(22)17-11-9-16(10-12-17)15-7-5-4-6-8-15;/h4-8,16-17H,9-14,20H2,1-3H3;1H. The van der Waals surface area contributed by atoms with E-state index in [0.29, 0.717) is 18.4 Å². The van der Waals surface area contributed by atoms with Gasteiger partial charge < -0.3 is 10.6 Å². The Morgan fingerprint density at radius 2 is 1.74 bits per heavy atom. The number of hydrogen-bond donors (Lipinski definition) is 1. The molecule has 1 aromatic carbocycles. The Morgan fingerprint density at radius 1 is 1.17 bits per heavy atom. The molecule has 1 saturated carbocycles. The van der Waals surface area contributed by atoms with E-state index >= 15 is 0 Å². The Bertz CT molecular complexity index is 481. The van der Waals surface area contributed by atoms with Crippen LogP contribution in [0.2, 0.25) is 0 Å². The second-order valence-electron chi connectivity index (χ2n) is 7.52. The van der Waals surface area contributed by atoms with Crippen LogP contribution in [0.15, 0.2) is 30.3 Å². The molecule has 2 rings (SSSR count). The molecule has 0 aromatic heterocycles. The summed E-state index contributed by atoms with van der Waals surface area (Å²) in [6, 6.07) is 10.7. The van der Waals surface area contributed by atoms with Crippen LogP contribution >= 0.6 is 12.4 Å². The molecule has 0 saturated heterocycles. The Hall–Kier alpha value is -1.06. The number of amides is 1. The van der Waals surface area contributed by atoms with Crippen LogP contribution in [-0.2, 0) is 4.79 Å². The maximum Gasteiger partial charge on any atom is 0.225 e. The van der Waals surface area contributed by atoms with E-state index in [1.54, 1.807) is 0 Å². The smallest absolute Gasteiger partial charge is 0.225 e. The lowest BCUT2D eigenvalue weighted by Crippen LogP contribution is -2.42. The monoisotopic (exact) mass is 338 g/mol. The van der Waals surface area contributed by atoms with Crippen molar-refractivity contribution in [1.29, 1.82) is 0 Å². The van der Waals surface area contributed by atoms with Gasteiger partial charge in [-0.25, -0.2) is 0 Å². The lowest BCUT2D eigenvalue weighted by atomic mass is 9.78. The van der Waals surface area contributed by atoms with Crippen LogP contribution < -0.4 is 5.73 Å². The van der Waals surface area contributed by atoms with Gasteiger partial charge in [-0.05, 0) is 49.1 Å². The van der Waals surface area contributed by atoms with Crippen LogP contribution in [0.5, 0.6) is 0 Å². The highest BCUT2D eigenvalue weighted by molar-refractivity contribution is 5.85. The van der Waals surface area contributed by atoms with Crippen molar-refractivity contribution in [3.05, 3.63) is 35.9 Å². The highest BCUT2D eigenvalue weighted by Crippen LogP contribution is 2.36. The molecular formula is C19H31ClN2O. The van der Waals surface area contributed by atoms with Gasteiger partial charge in [-0.15, -0.1) is 12.4 Å². The maximum atomic E-state index is 12.6. The van der Waals surface area contributed by atoms with Crippen LogP contribution in [-0.4, -0.2) is 30.9 Å². The van der Waals surface area contributed by atoms with E-state index in [0.717, 1.165) is 32.2 Å². The normalized spacial score (nSPS) is 21.4. The molecule has 0 spiro atoms. The quantitative estimate of drug-likeness (QED) is 0.887. The minimum atomic E-state index is -0.00828. The fourth-order valence-corrected chi connectivity index (χ4v) is 3.50. The number of carbonyl (C=O) groups excluding carboxylic acids is 1. The molecule has 0 heterocycles. The Labute approximate surface area is 147 Å². The fourth-order valence-electron chi connectivity index (χ4n) is 3.50. The van der Waals surface area contributed by atoms with Gasteiger partial charge in [-0.2, -0.15) is 0 Å². The van der Waals surface area contributed by atoms with Crippen LogP contribution in [0.1, 0.15) is 51.0 Å². The number of hydrogen-bond acceptors (Lipinski definition) is 2.